The Morgan fingerprint density at radius 3 is 2.48 bits per heavy atom. The summed E-state index contributed by atoms with van der Waals surface area (Å²) in [6.45, 7) is 5.75. The molecule has 3 nitrogen and oxygen atoms in total. The van der Waals surface area contributed by atoms with E-state index in [-0.39, 0.29) is 5.78 Å². The van der Waals surface area contributed by atoms with Crippen LogP contribution in [0.4, 0.5) is 5.69 Å². The first-order valence-corrected chi connectivity index (χ1v) is 7.39. The zero-order valence-corrected chi connectivity index (χ0v) is 12.8. The number of nitrogens with one attached hydrogen (secondary N) is 1. The Morgan fingerprint density at radius 2 is 1.78 bits per heavy atom. The van der Waals surface area contributed by atoms with E-state index in [9.17, 15) is 10.1 Å². The van der Waals surface area contributed by atoms with Gasteiger partial charge in [0.25, 0.3) is 0 Å². The molecule has 0 fully saturated rings. The number of hydrogen-bond donors (Lipinski definition) is 1. The van der Waals surface area contributed by atoms with Crippen molar-refractivity contribution in [1.29, 1.82) is 5.26 Å². The second kappa shape index (κ2) is 5.94. The zero-order valence-electron chi connectivity index (χ0n) is 12.8. The van der Waals surface area contributed by atoms with Crippen LogP contribution >= 0.6 is 0 Å². The minimum atomic E-state index is -0.412. The smallest absolute Gasteiger partial charge is 0.191 e. The van der Waals surface area contributed by atoms with Crippen LogP contribution in [-0.2, 0) is 0 Å². The fourth-order valence-electron chi connectivity index (χ4n) is 2.98. The highest BCUT2D eigenvalue weighted by Gasteiger charge is 2.33. The first-order chi connectivity index (χ1) is 11.1. The average Bonchev–Trinajstić information content (AvgIpc) is 2.60. The van der Waals surface area contributed by atoms with E-state index in [1.165, 1.54) is 0 Å². The van der Waals surface area contributed by atoms with Crippen LogP contribution in [0.5, 0.6) is 0 Å². The van der Waals surface area contributed by atoms with Crippen molar-refractivity contribution in [2.75, 3.05) is 5.32 Å². The molecule has 0 saturated carbocycles. The monoisotopic (exact) mass is 300 g/mol. The molecule has 1 aliphatic rings. The largest absolute Gasteiger partial charge is 0.359 e. The van der Waals surface area contributed by atoms with Gasteiger partial charge in [0.2, 0.25) is 0 Å². The van der Waals surface area contributed by atoms with Crippen molar-refractivity contribution in [3.8, 4) is 6.07 Å². The zero-order chi connectivity index (χ0) is 16.4. The van der Waals surface area contributed by atoms with E-state index in [0.717, 1.165) is 16.9 Å². The molecule has 112 valence electrons. The number of nitriles is 1. The van der Waals surface area contributed by atoms with Gasteiger partial charge in [0.05, 0.1) is 12.0 Å². The first-order valence-electron chi connectivity index (χ1n) is 7.39. The number of anilines is 1. The van der Waals surface area contributed by atoms with Gasteiger partial charge in [-0.05, 0) is 18.6 Å². The number of carbonyl (C=O) groups is 1. The summed E-state index contributed by atoms with van der Waals surface area (Å²) in [5.41, 5.74) is 4.15. The SMILES string of the molecule is C=C(C#N)C1C(C(=O)c2ccccc2)=C(C)Nc2ccccc21. The lowest BCUT2D eigenvalue weighted by Gasteiger charge is -2.29. The van der Waals surface area contributed by atoms with Crippen LogP contribution in [-0.4, -0.2) is 5.78 Å². The number of fused-ring (bicyclic) bond motifs is 1. The molecule has 3 heteroatoms. The number of Topliss-reactive ketones (excluding diaryl/α,β-unsaturated/α-hetero) is 1. The van der Waals surface area contributed by atoms with Crippen LogP contribution in [0.3, 0.4) is 0 Å². The average molecular weight is 300 g/mol. The van der Waals surface area contributed by atoms with Gasteiger partial charge in [0.1, 0.15) is 0 Å². The number of nitrogens with zero attached hydrogens (tertiary/aromatic N) is 1. The third-order valence-electron chi connectivity index (χ3n) is 4.06. The Kier molecular flexibility index (Phi) is 3.82. The molecule has 3 rings (SSSR count). The van der Waals surface area contributed by atoms with Crippen molar-refractivity contribution in [3.05, 3.63) is 89.1 Å². The van der Waals surface area contributed by atoms with Gasteiger partial charge in [-0.25, -0.2) is 0 Å². The molecule has 23 heavy (non-hydrogen) atoms. The number of para-hydroxylation sites is 1. The number of allylic oxidation sites excluding steroid dienone is 3. The molecule has 1 aliphatic heterocycles. The molecule has 1 unspecified atom stereocenters. The quantitative estimate of drug-likeness (QED) is 0.674. The predicted octanol–water partition coefficient (Wildman–Crippen LogP) is 4.43. The predicted molar refractivity (Wildman–Crippen MR) is 91.0 cm³/mol. The standard InChI is InChI=1S/C20H16N2O/c1-13(12-21)18-16-10-6-7-11-17(16)22-14(2)19(18)20(23)15-8-4-3-5-9-15/h3-11,18,22H,1H2,2H3. The Labute approximate surface area is 135 Å². The molecule has 0 amide bonds. The summed E-state index contributed by atoms with van der Waals surface area (Å²) in [5, 5.41) is 12.6. The van der Waals surface area contributed by atoms with Crippen molar-refractivity contribution in [3.63, 3.8) is 0 Å². The molecule has 2 aromatic rings. The second-order valence-corrected chi connectivity index (χ2v) is 5.52. The van der Waals surface area contributed by atoms with Gasteiger partial charge in [-0.1, -0.05) is 55.1 Å². The summed E-state index contributed by atoms with van der Waals surface area (Å²) >= 11 is 0. The summed E-state index contributed by atoms with van der Waals surface area (Å²) in [6.07, 6.45) is 0. The molecule has 0 radical (unpaired) electrons. The van der Waals surface area contributed by atoms with E-state index < -0.39 is 5.92 Å². The third-order valence-corrected chi connectivity index (χ3v) is 4.06. The van der Waals surface area contributed by atoms with Gasteiger partial charge in [-0.15, -0.1) is 0 Å². The van der Waals surface area contributed by atoms with Gasteiger partial charge in [0, 0.05) is 28.1 Å². The topological polar surface area (TPSA) is 52.9 Å². The lowest BCUT2D eigenvalue weighted by atomic mass is 9.78. The van der Waals surface area contributed by atoms with Crippen LogP contribution in [0.15, 0.2) is 78.0 Å². The van der Waals surface area contributed by atoms with Crippen molar-refractivity contribution < 1.29 is 4.79 Å². The molecule has 2 aromatic carbocycles. The van der Waals surface area contributed by atoms with Gasteiger partial charge < -0.3 is 5.32 Å². The molecule has 1 heterocycles. The highest BCUT2D eigenvalue weighted by molar-refractivity contribution is 6.11. The maximum absolute atomic E-state index is 13.0. The van der Waals surface area contributed by atoms with Crippen LogP contribution < -0.4 is 5.32 Å². The highest BCUT2D eigenvalue weighted by atomic mass is 16.1. The van der Waals surface area contributed by atoms with E-state index in [1.807, 2.05) is 49.4 Å². The molecule has 1 N–H and O–H groups in total. The fourth-order valence-corrected chi connectivity index (χ4v) is 2.98. The van der Waals surface area contributed by atoms with Gasteiger partial charge in [0.15, 0.2) is 5.78 Å². The van der Waals surface area contributed by atoms with Gasteiger partial charge >= 0.3 is 0 Å². The Bertz CT molecular complexity index is 857. The van der Waals surface area contributed by atoms with E-state index >= 15 is 0 Å². The van der Waals surface area contributed by atoms with E-state index in [1.54, 1.807) is 12.1 Å². The van der Waals surface area contributed by atoms with Crippen LogP contribution in [0.1, 0.15) is 28.8 Å². The van der Waals surface area contributed by atoms with Crippen LogP contribution in [0.25, 0.3) is 0 Å². The lowest BCUT2D eigenvalue weighted by Crippen LogP contribution is -2.23. The van der Waals surface area contributed by atoms with Crippen molar-refractivity contribution >= 4 is 11.5 Å². The van der Waals surface area contributed by atoms with Crippen molar-refractivity contribution in [2.24, 2.45) is 0 Å². The molecule has 0 bridgehead atoms. The Morgan fingerprint density at radius 1 is 1.13 bits per heavy atom. The number of hydrogen-bond acceptors (Lipinski definition) is 3. The van der Waals surface area contributed by atoms with Crippen molar-refractivity contribution in [2.45, 2.75) is 12.8 Å². The molecule has 0 spiro atoms. The first kappa shape index (κ1) is 14.8. The normalized spacial score (nSPS) is 16.1. The number of carbonyl (C=O) groups excluding carboxylic acids is 1. The van der Waals surface area contributed by atoms with Crippen LogP contribution in [0.2, 0.25) is 0 Å². The highest BCUT2D eigenvalue weighted by Crippen LogP contribution is 2.42. The molecular weight excluding hydrogens is 284 g/mol. The van der Waals surface area contributed by atoms with Crippen LogP contribution in [0, 0.1) is 11.3 Å². The summed E-state index contributed by atoms with van der Waals surface area (Å²) < 4.78 is 0. The molecule has 0 aromatic heterocycles. The Balaban J connectivity index is 2.16. The molecule has 1 atom stereocenters. The summed E-state index contributed by atoms with van der Waals surface area (Å²) in [4.78, 5) is 13.0. The number of rotatable bonds is 3. The minimum Gasteiger partial charge on any atom is -0.359 e. The fraction of sp³-hybridized carbons (Fsp3) is 0.100. The third kappa shape index (κ3) is 2.56. The van der Waals surface area contributed by atoms with E-state index in [4.69, 9.17) is 0 Å². The summed E-state index contributed by atoms with van der Waals surface area (Å²) in [5.74, 6) is -0.489. The van der Waals surface area contributed by atoms with Gasteiger partial charge in [-0.3, -0.25) is 4.79 Å². The van der Waals surface area contributed by atoms with E-state index in [0.29, 0.717) is 16.7 Å². The maximum Gasteiger partial charge on any atom is 0.191 e. The Hall–Kier alpha value is -3.12. The minimum absolute atomic E-state index is 0.0773. The number of benzene rings is 2. The number of ketones is 1. The molecular formula is C20H16N2O. The van der Waals surface area contributed by atoms with Crippen molar-refractivity contribution in [1.82, 2.24) is 0 Å². The maximum atomic E-state index is 13.0. The summed E-state index contributed by atoms with van der Waals surface area (Å²) in [6, 6.07) is 18.9. The molecule has 0 aliphatic carbocycles. The van der Waals surface area contributed by atoms with Gasteiger partial charge in [-0.2, -0.15) is 5.26 Å². The van der Waals surface area contributed by atoms with E-state index in [2.05, 4.69) is 18.0 Å². The lowest BCUT2D eigenvalue weighted by molar-refractivity contribution is 0.102. The summed E-state index contributed by atoms with van der Waals surface area (Å²) in [7, 11) is 0. The second-order valence-electron chi connectivity index (χ2n) is 5.52. The molecule has 0 saturated heterocycles.